The van der Waals surface area contributed by atoms with E-state index in [0.717, 1.165) is 5.56 Å². The Bertz CT molecular complexity index is 873. The molecule has 0 unspecified atom stereocenters. The standard InChI is InChI=1S/C20H20F2N2O/c1-13-8-9-16(21)17(18(13)22)20-19(15-6-4-3-5-7-15)23-12-24(20)11-10-14(2)25/h3-9,12,14,25H,10-11H2,1-2H3/t14-/m1/s1. The molecular weight excluding hydrogens is 322 g/mol. The molecule has 3 nitrogen and oxygen atoms in total. The summed E-state index contributed by atoms with van der Waals surface area (Å²) in [6, 6.07) is 12.0. The summed E-state index contributed by atoms with van der Waals surface area (Å²) < 4.78 is 31.0. The monoisotopic (exact) mass is 342 g/mol. The van der Waals surface area contributed by atoms with Gasteiger partial charge in [-0.25, -0.2) is 13.8 Å². The first kappa shape index (κ1) is 17.3. The van der Waals surface area contributed by atoms with E-state index in [4.69, 9.17) is 0 Å². The van der Waals surface area contributed by atoms with Gasteiger partial charge in [0.1, 0.15) is 11.6 Å². The van der Waals surface area contributed by atoms with Gasteiger partial charge in [0.05, 0.1) is 29.4 Å². The normalized spacial score (nSPS) is 12.4. The topological polar surface area (TPSA) is 38.0 Å². The van der Waals surface area contributed by atoms with Crippen LogP contribution in [0.3, 0.4) is 0 Å². The molecule has 0 spiro atoms. The van der Waals surface area contributed by atoms with Crippen LogP contribution < -0.4 is 0 Å². The van der Waals surface area contributed by atoms with Crippen LogP contribution >= 0.6 is 0 Å². The first-order valence-corrected chi connectivity index (χ1v) is 8.22. The third-order valence-corrected chi connectivity index (χ3v) is 4.19. The molecule has 0 radical (unpaired) electrons. The number of aromatic nitrogens is 2. The summed E-state index contributed by atoms with van der Waals surface area (Å²) in [5.74, 6) is -1.21. The van der Waals surface area contributed by atoms with Crippen LogP contribution in [0.15, 0.2) is 48.8 Å². The number of hydrogen-bond donors (Lipinski definition) is 1. The SMILES string of the molecule is Cc1ccc(F)c(-c2c(-c3ccccc3)ncn2CC[C@@H](C)O)c1F. The number of imidazole rings is 1. The second-order valence-electron chi connectivity index (χ2n) is 6.19. The van der Waals surface area contributed by atoms with Gasteiger partial charge in [0, 0.05) is 12.1 Å². The van der Waals surface area contributed by atoms with E-state index in [9.17, 15) is 13.9 Å². The summed E-state index contributed by atoms with van der Waals surface area (Å²) in [5.41, 5.74) is 1.99. The van der Waals surface area contributed by atoms with Gasteiger partial charge in [-0.05, 0) is 31.9 Å². The predicted octanol–water partition coefficient (Wildman–Crippen LogP) is 4.57. The van der Waals surface area contributed by atoms with Gasteiger partial charge in [-0.1, -0.05) is 36.4 Å². The van der Waals surface area contributed by atoms with Crippen molar-refractivity contribution in [2.75, 3.05) is 0 Å². The lowest BCUT2D eigenvalue weighted by Gasteiger charge is -2.14. The van der Waals surface area contributed by atoms with Crippen molar-refractivity contribution >= 4 is 0 Å². The van der Waals surface area contributed by atoms with Gasteiger partial charge in [-0.3, -0.25) is 0 Å². The van der Waals surface area contributed by atoms with E-state index >= 15 is 0 Å². The molecule has 0 aliphatic heterocycles. The highest BCUT2D eigenvalue weighted by Crippen LogP contribution is 2.35. The van der Waals surface area contributed by atoms with Gasteiger partial charge in [0.25, 0.3) is 0 Å². The molecule has 25 heavy (non-hydrogen) atoms. The summed E-state index contributed by atoms with van der Waals surface area (Å²) in [7, 11) is 0. The minimum atomic E-state index is -0.626. The Kier molecular flexibility index (Phi) is 4.95. The van der Waals surface area contributed by atoms with Crippen molar-refractivity contribution in [2.45, 2.75) is 32.9 Å². The summed E-state index contributed by atoms with van der Waals surface area (Å²) in [5, 5.41) is 9.57. The lowest BCUT2D eigenvalue weighted by Crippen LogP contribution is -2.08. The zero-order valence-corrected chi connectivity index (χ0v) is 14.2. The number of nitrogens with zero attached hydrogens (tertiary/aromatic N) is 2. The van der Waals surface area contributed by atoms with Crippen molar-refractivity contribution in [3.05, 3.63) is 66.0 Å². The van der Waals surface area contributed by atoms with E-state index < -0.39 is 17.7 Å². The van der Waals surface area contributed by atoms with Crippen LogP contribution in [0.1, 0.15) is 18.9 Å². The molecule has 1 heterocycles. The van der Waals surface area contributed by atoms with Gasteiger partial charge >= 0.3 is 0 Å². The summed E-state index contributed by atoms with van der Waals surface area (Å²) >= 11 is 0. The number of halogens is 2. The molecule has 0 aliphatic rings. The summed E-state index contributed by atoms with van der Waals surface area (Å²) in [6.45, 7) is 3.71. The fourth-order valence-electron chi connectivity index (χ4n) is 2.82. The van der Waals surface area contributed by atoms with Crippen molar-refractivity contribution in [1.82, 2.24) is 9.55 Å². The van der Waals surface area contributed by atoms with E-state index in [1.807, 2.05) is 30.3 Å². The highest BCUT2D eigenvalue weighted by atomic mass is 19.1. The highest BCUT2D eigenvalue weighted by Gasteiger charge is 2.22. The molecule has 3 rings (SSSR count). The van der Waals surface area contributed by atoms with E-state index in [-0.39, 0.29) is 5.56 Å². The van der Waals surface area contributed by atoms with Crippen LogP contribution in [0.2, 0.25) is 0 Å². The number of rotatable bonds is 5. The second kappa shape index (κ2) is 7.15. The number of benzene rings is 2. The zero-order valence-electron chi connectivity index (χ0n) is 14.2. The molecule has 3 aromatic rings. The molecule has 1 aromatic heterocycles. The molecular formula is C20H20F2N2O. The molecule has 0 saturated heterocycles. The quantitative estimate of drug-likeness (QED) is 0.737. The van der Waals surface area contributed by atoms with Crippen LogP contribution in [0, 0.1) is 18.6 Å². The number of aryl methyl sites for hydroxylation is 2. The van der Waals surface area contributed by atoms with Crippen LogP contribution in [-0.2, 0) is 6.54 Å². The molecule has 1 N–H and O–H groups in total. The molecule has 0 fully saturated rings. The van der Waals surface area contributed by atoms with E-state index in [0.29, 0.717) is 29.9 Å². The number of aliphatic hydroxyl groups excluding tert-OH is 1. The van der Waals surface area contributed by atoms with Crippen molar-refractivity contribution < 1.29 is 13.9 Å². The molecule has 130 valence electrons. The van der Waals surface area contributed by atoms with E-state index in [2.05, 4.69) is 4.98 Å². The maximum atomic E-state index is 14.8. The minimum absolute atomic E-state index is 0.0815. The van der Waals surface area contributed by atoms with E-state index in [1.165, 1.54) is 12.1 Å². The van der Waals surface area contributed by atoms with Gasteiger partial charge in [0.2, 0.25) is 0 Å². The Morgan fingerprint density at radius 1 is 1.12 bits per heavy atom. The van der Waals surface area contributed by atoms with Crippen LogP contribution in [0.5, 0.6) is 0 Å². The third-order valence-electron chi connectivity index (χ3n) is 4.19. The first-order valence-electron chi connectivity index (χ1n) is 8.22. The fraction of sp³-hybridized carbons (Fsp3) is 0.250. The summed E-state index contributed by atoms with van der Waals surface area (Å²) in [6.07, 6.45) is 1.52. The first-order chi connectivity index (χ1) is 12.0. The Labute approximate surface area is 145 Å². The Hall–Kier alpha value is -2.53. The van der Waals surface area contributed by atoms with Crippen molar-refractivity contribution in [2.24, 2.45) is 0 Å². The van der Waals surface area contributed by atoms with Crippen molar-refractivity contribution in [3.63, 3.8) is 0 Å². The average molecular weight is 342 g/mol. The third kappa shape index (κ3) is 3.46. The van der Waals surface area contributed by atoms with Crippen molar-refractivity contribution in [3.8, 4) is 22.5 Å². The molecule has 0 bridgehead atoms. The second-order valence-corrected chi connectivity index (χ2v) is 6.19. The van der Waals surface area contributed by atoms with Crippen LogP contribution in [-0.4, -0.2) is 20.8 Å². The predicted molar refractivity (Wildman–Crippen MR) is 94.0 cm³/mol. The maximum Gasteiger partial charge on any atom is 0.138 e. The highest BCUT2D eigenvalue weighted by molar-refractivity contribution is 5.79. The molecule has 2 aromatic carbocycles. The lowest BCUT2D eigenvalue weighted by molar-refractivity contribution is 0.178. The van der Waals surface area contributed by atoms with Crippen molar-refractivity contribution in [1.29, 1.82) is 0 Å². The molecule has 5 heteroatoms. The minimum Gasteiger partial charge on any atom is -0.393 e. The molecule has 0 saturated carbocycles. The van der Waals surface area contributed by atoms with Gasteiger partial charge in [0.15, 0.2) is 0 Å². The Morgan fingerprint density at radius 3 is 2.52 bits per heavy atom. The molecule has 0 amide bonds. The largest absolute Gasteiger partial charge is 0.393 e. The number of hydrogen-bond acceptors (Lipinski definition) is 2. The zero-order chi connectivity index (χ0) is 18.0. The van der Waals surface area contributed by atoms with Gasteiger partial charge < -0.3 is 9.67 Å². The average Bonchev–Trinajstić information content (AvgIpc) is 3.01. The van der Waals surface area contributed by atoms with Gasteiger partial charge in [-0.2, -0.15) is 0 Å². The van der Waals surface area contributed by atoms with Crippen LogP contribution in [0.4, 0.5) is 8.78 Å². The van der Waals surface area contributed by atoms with Crippen LogP contribution in [0.25, 0.3) is 22.5 Å². The Morgan fingerprint density at radius 2 is 1.84 bits per heavy atom. The van der Waals surface area contributed by atoms with Gasteiger partial charge in [-0.15, -0.1) is 0 Å². The smallest absolute Gasteiger partial charge is 0.138 e. The molecule has 1 atom stereocenters. The van der Waals surface area contributed by atoms with E-state index in [1.54, 1.807) is 24.7 Å². The number of aliphatic hydroxyl groups is 1. The summed E-state index contributed by atoms with van der Waals surface area (Å²) in [4.78, 5) is 4.40. The lowest BCUT2D eigenvalue weighted by atomic mass is 10.0. The molecule has 0 aliphatic carbocycles. The fourth-order valence-corrected chi connectivity index (χ4v) is 2.82. The Balaban J connectivity index is 2.22. The maximum absolute atomic E-state index is 14.8.